The first-order valence-electron chi connectivity index (χ1n) is 5.40. The third kappa shape index (κ3) is 1.89. The van der Waals surface area contributed by atoms with Crippen LogP contribution in [0.15, 0.2) is 57.7 Å². The molecule has 0 radical (unpaired) electrons. The van der Waals surface area contributed by atoms with Crippen LogP contribution < -0.4 is 5.56 Å². The third-order valence-corrected chi connectivity index (χ3v) is 2.84. The average Bonchev–Trinajstić information content (AvgIpc) is 2.40. The molecule has 3 aromatic rings. The van der Waals surface area contributed by atoms with E-state index in [-0.39, 0.29) is 5.56 Å². The standard InChI is InChI=1S/C14H8ClNO2/c15-10-6-7-12-11(8-10)13(17)16-14(18-12)9-4-2-1-3-5-9/h1-8H. The van der Waals surface area contributed by atoms with Crippen molar-refractivity contribution in [3.8, 4) is 11.5 Å². The van der Waals surface area contributed by atoms with Crippen molar-refractivity contribution in [2.24, 2.45) is 0 Å². The molecule has 88 valence electrons. The Labute approximate surface area is 108 Å². The summed E-state index contributed by atoms with van der Waals surface area (Å²) in [5.74, 6) is 0.315. The molecule has 0 aliphatic heterocycles. The summed E-state index contributed by atoms with van der Waals surface area (Å²) >= 11 is 5.84. The normalized spacial score (nSPS) is 10.7. The topological polar surface area (TPSA) is 43.1 Å². The summed E-state index contributed by atoms with van der Waals surface area (Å²) in [4.78, 5) is 15.8. The van der Waals surface area contributed by atoms with E-state index in [0.29, 0.717) is 21.9 Å². The fourth-order valence-corrected chi connectivity index (χ4v) is 1.91. The fourth-order valence-electron chi connectivity index (χ4n) is 1.74. The Balaban J connectivity index is 2.29. The van der Waals surface area contributed by atoms with E-state index in [2.05, 4.69) is 4.98 Å². The molecule has 18 heavy (non-hydrogen) atoms. The third-order valence-electron chi connectivity index (χ3n) is 2.60. The summed E-state index contributed by atoms with van der Waals surface area (Å²) in [7, 11) is 0. The van der Waals surface area contributed by atoms with Gasteiger partial charge >= 0.3 is 0 Å². The van der Waals surface area contributed by atoms with E-state index in [1.54, 1.807) is 18.2 Å². The molecule has 0 aliphatic carbocycles. The Hall–Kier alpha value is -2.13. The van der Waals surface area contributed by atoms with E-state index in [1.165, 1.54) is 0 Å². The number of rotatable bonds is 1. The van der Waals surface area contributed by atoms with Crippen molar-refractivity contribution >= 4 is 22.6 Å². The van der Waals surface area contributed by atoms with Crippen molar-refractivity contribution in [2.45, 2.75) is 0 Å². The van der Waals surface area contributed by atoms with E-state index in [1.807, 2.05) is 30.3 Å². The first-order valence-corrected chi connectivity index (χ1v) is 5.78. The zero-order valence-corrected chi connectivity index (χ0v) is 10.0. The lowest BCUT2D eigenvalue weighted by molar-refractivity contribution is 0.595. The van der Waals surface area contributed by atoms with Crippen LogP contribution in [0.25, 0.3) is 22.4 Å². The molecule has 3 nitrogen and oxygen atoms in total. The number of aromatic nitrogens is 1. The molecule has 0 atom stereocenters. The summed E-state index contributed by atoms with van der Waals surface area (Å²) in [6, 6.07) is 14.2. The molecule has 0 saturated heterocycles. The Morgan fingerprint density at radius 2 is 1.83 bits per heavy atom. The van der Waals surface area contributed by atoms with Crippen LogP contribution in [-0.2, 0) is 0 Å². The van der Waals surface area contributed by atoms with Crippen LogP contribution in [0, 0.1) is 0 Å². The highest BCUT2D eigenvalue weighted by Crippen LogP contribution is 2.21. The maximum Gasteiger partial charge on any atom is 0.284 e. The van der Waals surface area contributed by atoms with Crippen molar-refractivity contribution in [1.82, 2.24) is 4.98 Å². The maximum absolute atomic E-state index is 11.9. The van der Waals surface area contributed by atoms with Gasteiger partial charge in [-0.25, -0.2) is 0 Å². The molecule has 0 fully saturated rings. The van der Waals surface area contributed by atoms with E-state index in [9.17, 15) is 4.79 Å². The van der Waals surface area contributed by atoms with Gasteiger partial charge in [-0.1, -0.05) is 29.8 Å². The predicted octanol–water partition coefficient (Wildman–Crippen LogP) is 3.51. The number of hydrogen-bond donors (Lipinski definition) is 0. The van der Waals surface area contributed by atoms with Crippen LogP contribution in [0.5, 0.6) is 0 Å². The Kier molecular flexibility index (Phi) is 2.61. The first kappa shape index (κ1) is 11.0. The van der Waals surface area contributed by atoms with Crippen molar-refractivity contribution in [1.29, 1.82) is 0 Å². The Morgan fingerprint density at radius 3 is 2.61 bits per heavy atom. The van der Waals surface area contributed by atoms with Crippen LogP contribution in [0.1, 0.15) is 0 Å². The minimum absolute atomic E-state index is 0.315. The lowest BCUT2D eigenvalue weighted by Gasteiger charge is -2.01. The summed E-state index contributed by atoms with van der Waals surface area (Å²) in [5.41, 5.74) is 0.919. The van der Waals surface area contributed by atoms with Gasteiger partial charge in [0.15, 0.2) is 0 Å². The molecule has 3 rings (SSSR count). The second-order valence-corrected chi connectivity index (χ2v) is 4.27. The van der Waals surface area contributed by atoms with Crippen LogP contribution in [-0.4, -0.2) is 4.98 Å². The minimum Gasteiger partial charge on any atom is -0.437 e. The highest BCUT2D eigenvalue weighted by Gasteiger charge is 2.08. The lowest BCUT2D eigenvalue weighted by Crippen LogP contribution is -2.07. The molecular weight excluding hydrogens is 250 g/mol. The number of nitrogens with zero attached hydrogens (tertiary/aromatic N) is 1. The Bertz CT molecular complexity index is 766. The number of halogens is 1. The Morgan fingerprint density at radius 1 is 1.06 bits per heavy atom. The van der Waals surface area contributed by atoms with Crippen molar-refractivity contribution in [2.75, 3.05) is 0 Å². The molecule has 0 aliphatic rings. The molecule has 0 saturated carbocycles. The van der Waals surface area contributed by atoms with Crippen molar-refractivity contribution in [3.05, 3.63) is 63.9 Å². The molecule has 2 aromatic carbocycles. The second kappa shape index (κ2) is 4.27. The van der Waals surface area contributed by atoms with Gasteiger partial charge in [-0.05, 0) is 30.3 Å². The van der Waals surface area contributed by atoms with E-state index in [4.69, 9.17) is 16.0 Å². The quantitative estimate of drug-likeness (QED) is 0.670. The zero-order chi connectivity index (χ0) is 12.5. The molecule has 0 spiro atoms. The van der Waals surface area contributed by atoms with Gasteiger partial charge in [-0.15, -0.1) is 0 Å². The molecule has 1 heterocycles. The summed E-state index contributed by atoms with van der Waals surface area (Å²) < 4.78 is 5.61. The van der Waals surface area contributed by atoms with Crippen LogP contribution in [0.3, 0.4) is 0 Å². The van der Waals surface area contributed by atoms with Crippen LogP contribution >= 0.6 is 11.6 Å². The number of hydrogen-bond acceptors (Lipinski definition) is 3. The second-order valence-electron chi connectivity index (χ2n) is 3.83. The highest BCUT2D eigenvalue weighted by molar-refractivity contribution is 6.31. The van der Waals surface area contributed by atoms with Gasteiger partial charge in [0.2, 0.25) is 5.89 Å². The first-order chi connectivity index (χ1) is 8.74. The molecular formula is C14H8ClNO2. The lowest BCUT2D eigenvalue weighted by atomic mass is 10.2. The van der Waals surface area contributed by atoms with Gasteiger partial charge in [-0.2, -0.15) is 4.98 Å². The molecule has 4 heteroatoms. The predicted molar refractivity (Wildman–Crippen MR) is 70.7 cm³/mol. The van der Waals surface area contributed by atoms with Gasteiger partial charge in [0.1, 0.15) is 5.58 Å². The van der Waals surface area contributed by atoms with Crippen LogP contribution in [0.4, 0.5) is 0 Å². The van der Waals surface area contributed by atoms with Gasteiger partial charge < -0.3 is 4.42 Å². The van der Waals surface area contributed by atoms with Gasteiger partial charge in [0.25, 0.3) is 5.56 Å². The maximum atomic E-state index is 11.9. The smallest absolute Gasteiger partial charge is 0.284 e. The number of fused-ring (bicyclic) bond motifs is 1. The molecule has 0 N–H and O–H groups in total. The molecule has 0 amide bonds. The summed E-state index contributed by atoms with van der Waals surface area (Å²) in [5, 5.41) is 0.881. The summed E-state index contributed by atoms with van der Waals surface area (Å²) in [6.07, 6.45) is 0. The minimum atomic E-state index is -0.336. The highest BCUT2D eigenvalue weighted by atomic mass is 35.5. The average molecular weight is 258 g/mol. The largest absolute Gasteiger partial charge is 0.437 e. The molecule has 0 bridgehead atoms. The van der Waals surface area contributed by atoms with E-state index >= 15 is 0 Å². The number of benzene rings is 2. The van der Waals surface area contributed by atoms with Crippen molar-refractivity contribution < 1.29 is 4.42 Å². The SMILES string of the molecule is O=c1nc(-c2ccccc2)oc2ccc(Cl)cc12. The van der Waals surface area contributed by atoms with Crippen molar-refractivity contribution in [3.63, 3.8) is 0 Å². The zero-order valence-electron chi connectivity index (χ0n) is 9.26. The van der Waals surface area contributed by atoms with E-state index in [0.717, 1.165) is 5.56 Å². The van der Waals surface area contributed by atoms with Gasteiger partial charge in [0.05, 0.1) is 5.39 Å². The molecule has 0 unspecified atom stereocenters. The molecule has 1 aromatic heterocycles. The van der Waals surface area contributed by atoms with Gasteiger partial charge in [-0.3, -0.25) is 4.79 Å². The monoisotopic (exact) mass is 257 g/mol. The summed E-state index contributed by atoms with van der Waals surface area (Å²) in [6.45, 7) is 0. The van der Waals surface area contributed by atoms with Gasteiger partial charge in [0, 0.05) is 10.6 Å². The van der Waals surface area contributed by atoms with Crippen LogP contribution in [0.2, 0.25) is 5.02 Å². The van der Waals surface area contributed by atoms with E-state index < -0.39 is 0 Å². The fraction of sp³-hybridized carbons (Fsp3) is 0.